The van der Waals surface area contributed by atoms with Crippen LogP contribution in [0.3, 0.4) is 0 Å². The quantitative estimate of drug-likeness (QED) is 0.175. The standard InChI is InChI=1S/C54H37N5/c1-54(2)44-23-8-3-21-43(44)50-38(22-14-24-45(50)54)37-16-13-15-36(33-37)34-29-31-35(32-30-34)51-55-52(58-46-25-9-4-17-39(46)40-18-5-10-26-47(40)58)57-53(56-51)59-48-27-11-6-19-41(48)42-20-7-12-28-49(42)59/h3-33H,1-2H3/i4D,5D,6D,7D,9D,10D,11D,12D,17D,18D,19D,20D,25D,26D,27D,28D. The molecule has 0 fully saturated rings. The molecule has 278 valence electrons. The molecule has 3 heterocycles. The van der Waals surface area contributed by atoms with E-state index in [1.807, 2.05) is 24.3 Å². The van der Waals surface area contributed by atoms with Gasteiger partial charge in [-0.3, -0.25) is 9.13 Å². The smallest absolute Gasteiger partial charge is 0.240 e. The van der Waals surface area contributed by atoms with Gasteiger partial charge in [-0.05, 0) is 74.7 Å². The molecular formula is C54H37N5. The highest BCUT2D eigenvalue weighted by Gasteiger charge is 2.36. The first kappa shape index (κ1) is 21.2. The van der Waals surface area contributed by atoms with E-state index < -0.39 is 109 Å². The second-order valence-electron chi connectivity index (χ2n) is 14.9. The average Bonchev–Trinajstić information content (AvgIpc) is 4.11. The first-order chi connectivity index (χ1) is 35.7. The first-order valence-electron chi connectivity index (χ1n) is 26.9. The lowest BCUT2D eigenvalue weighted by Gasteiger charge is -2.21. The van der Waals surface area contributed by atoms with Gasteiger partial charge in [0.15, 0.2) is 5.82 Å². The molecule has 1 aliphatic carbocycles. The van der Waals surface area contributed by atoms with Gasteiger partial charge in [-0.15, -0.1) is 0 Å². The van der Waals surface area contributed by atoms with Crippen LogP contribution in [0.15, 0.2) is 188 Å². The maximum atomic E-state index is 9.20. The highest BCUT2D eigenvalue weighted by atomic mass is 15.3. The zero-order valence-corrected chi connectivity index (χ0v) is 31.4. The molecule has 0 N–H and O–H groups in total. The molecule has 0 saturated heterocycles. The molecule has 1 aliphatic rings. The summed E-state index contributed by atoms with van der Waals surface area (Å²) >= 11 is 0. The van der Waals surface area contributed by atoms with Crippen LogP contribution in [0, 0.1) is 0 Å². The summed E-state index contributed by atoms with van der Waals surface area (Å²) < 4.78 is 144. The maximum Gasteiger partial charge on any atom is 0.240 e. The molecule has 11 aromatic rings. The first-order valence-corrected chi connectivity index (χ1v) is 18.9. The fraction of sp³-hybridized carbons (Fsp3) is 0.0556. The largest absolute Gasteiger partial charge is 0.278 e. The number of hydrogen-bond donors (Lipinski definition) is 0. The summed E-state index contributed by atoms with van der Waals surface area (Å²) in [5.41, 5.74) is 7.46. The number of aromatic nitrogens is 5. The zero-order valence-electron chi connectivity index (χ0n) is 47.4. The summed E-state index contributed by atoms with van der Waals surface area (Å²) in [5, 5.41) is -1.03. The van der Waals surface area contributed by atoms with Crippen LogP contribution in [0.5, 0.6) is 0 Å². The lowest BCUT2D eigenvalue weighted by molar-refractivity contribution is 0.660. The highest BCUT2D eigenvalue weighted by Crippen LogP contribution is 2.52. The molecule has 0 atom stereocenters. The van der Waals surface area contributed by atoms with Crippen molar-refractivity contribution in [2.75, 3.05) is 0 Å². The van der Waals surface area contributed by atoms with Crippen LogP contribution in [0.1, 0.15) is 46.9 Å². The van der Waals surface area contributed by atoms with Crippen LogP contribution in [0.25, 0.3) is 100 Å². The van der Waals surface area contributed by atoms with Gasteiger partial charge in [0, 0.05) is 32.5 Å². The van der Waals surface area contributed by atoms with Crippen molar-refractivity contribution in [2.24, 2.45) is 0 Å². The molecule has 59 heavy (non-hydrogen) atoms. The minimum Gasteiger partial charge on any atom is -0.278 e. The molecule has 0 radical (unpaired) electrons. The van der Waals surface area contributed by atoms with Crippen molar-refractivity contribution < 1.29 is 21.9 Å². The van der Waals surface area contributed by atoms with Crippen molar-refractivity contribution in [3.05, 3.63) is 199 Å². The molecule has 5 nitrogen and oxygen atoms in total. The third kappa shape index (κ3) is 5.01. The molecule has 0 aliphatic heterocycles. The van der Waals surface area contributed by atoms with Crippen molar-refractivity contribution in [1.82, 2.24) is 24.1 Å². The molecule has 0 amide bonds. The second-order valence-corrected chi connectivity index (χ2v) is 14.9. The van der Waals surface area contributed by atoms with E-state index in [0.29, 0.717) is 5.56 Å². The molecule has 8 aromatic carbocycles. The van der Waals surface area contributed by atoms with Crippen molar-refractivity contribution >= 4 is 43.6 Å². The SMILES string of the molecule is [2H]c1c([2H])c([2H])c2c(c1[2H])c1c([2H])c([2H])c([2H])c([2H])c1n2-c1nc(-c2ccc(-c3cccc(-c4cccc5c4-c4ccccc4C5(C)C)c3)cc2)nc(-n2c3c([2H])c([2H])c([2H])c([2H])c3c3c([2H])c([2H])c([2H])c([2H])c32)n1. The van der Waals surface area contributed by atoms with Crippen molar-refractivity contribution in [3.8, 4) is 56.7 Å². The van der Waals surface area contributed by atoms with Crippen molar-refractivity contribution in [3.63, 3.8) is 0 Å². The number of benzene rings is 8. The van der Waals surface area contributed by atoms with E-state index in [1.54, 1.807) is 12.1 Å². The minimum absolute atomic E-state index is 0.134. The number of fused-ring (bicyclic) bond motifs is 9. The summed E-state index contributed by atoms with van der Waals surface area (Å²) in [4.78, 5) is 14.5. The van der Waals surface area contributed by atoms with E-state index in [1.165, 1.54) is 22.3 Å². The van der Waals surface area contributed by atoms with Gasteiger partial charge >= 0.3 is 0 Å². The van der Waals surface area contributed by atoms with Gasteiger partial charge in [0.25, 0.3) is 0 Å². The van der Waals surface area contributed by atoms with Gasteiger partial charge in [-0.25, -0.2) is 0 Å². The summed E-state index contributed by atoms with van der Waals surface area (Å²) in [7, 11) is 0. The van der Waals surface area contributed by atoms with E-state index in [4.69, 9.17) is 31.4 Å². The molecule has 12 rings (SSSR count). The van der Waals surface area contributed by atoms with Gasteiger partial charge in [0.2, 0.25) is 11.9 Å². The van der Waals surface area contributed by atoms with Gasteiger partial charge in [0.1, 0.15) is 0 Å². The van der Waals surface area contributed by atoms with E-state index in [9.17, 15) is 5.48 Å². The van der Waals surface area contributed by atoms with Crippen molar-refractivity contribution in [2.45, 2.75) is 19.3 Å². The van der Waals surface area contributed by atoms with Gasteiger partial charge in [-0.1, -0.05) is 171 Å². The fourth-order valence-electron chi connectivity index (χ4n) is 8.60. The summed E-state index contributed by atoms with van der Waals surface area (Å²) in [6.45, 7) is 4.46. The van der Waals surface area contributed by atoms with Crippen LogP contribution in [0.4, 0.5) is 0 Å². The molecule has 0 unspecified atom stereocenters. The number of rotatable bonds is 5. The Balaban J connectivity index is 1.14. The van der Waals surface area contributed by atoms with E-state index in [0.717, 1.165) is 31.4 Å². The predicted molar refractivity (Wildman–Crippen MR) is 242 cm³/mol. The van der Waals surface area contributed by atoms with E-state index in [-0.39, 0.29) is 54.9 Å². The minimum atomic E-state index is -0.694. The van der Waals surface area contributed by atoms with Crippen LogP contribution < -0.4 is 0 Å². The Hall–Kier alpha value is -7.63. The van der Waals surface area contributed by atoms with E-state index in [2.05, 4.69) is 68.4 Å². The second kappa shape index (κ2) is 12.7. The van der Waals surface area contributed by atoms with Gasteiger partial charge in [-0.2, -0.15) is 15.0 Å². The topological polar surface area (TPSA) is 48.5 Å². The lowest BCUT2D eigenvalue weighted by Crippen LogP contribution is -2.14. The Morgan fingerprint density at radius 1 is 0.424 bits per heavy atom. The summed E-state index contributed by atoms with van der Waals surface area (Å²) in [6, 6.07) is 19.7. The van der Waals surface area contributed by atoms with Crippen LogP contribution in [0.2, 0.25) is 0 Å². The Bertz CT molecular complexity index is 4080. The molecule has 0 bridgehead atoms. The van der Waals surface area contributed by atoms with Crippen LogP contribution in [-0.4, -0.2) is 24.1 Å². The third-order valence-electron chi connectivity index (χ3n) is 11.3. The van der Waals surface area contributed by atoms with Gasteiger partial charge < -0.3 is 0 Å². The zero-order chi connectivity index (χ0) is 53.2. The van der Waals surface area contributed by atoms with Crippen LogP contribution >= 0.6 is 0 Å². The lowest BCUT2D eigenvalue weighted by atomic mass is 9.82. The molecule has 0 saturated carbocycles. The maximum absolute atomic E-state index is 9.20. The monoisotopic (exact) mass is 771 g/mol. The normalized spacial score (nSPS) is 16.8. The van der Waals surface area contributed by atoms with Crippen molar-refractivity contribution in [1.29, 1.82) is 0 Å². The summed E-state index contributed by atoms with van der Waals surface area (Å²) in [5.74, 6) is -1.05. The molecule has 0 spiro atoms. The Kier molecular flexibility index (Phi) is 4.56. The third-order valence-corrected chi connectivity index (χ3v) is 11.3. The summed E-state index contributed by atoms with van der Waals surface area (Å²) in [6.07, 6.45) is 0. The Morgan fingerprint density at radius 2 is 0.881 bits per heavy atom. The highest BCUT2D eigenvalue weighted by molar-refractivity contribution is 6.10. The number of nitrogens with zero attached hydrogens (tertiary/aromatic N) is 5. The molecule has 3 aromatic heterocycles. The van der Waals surface area contributed by atoms with Gasteiger partial charge in [0.05, 0.1) is 44.0 Å². The van der Waals surface area contributed by atoms with E-state index >= 15 is 0 Å². The Labute approximate surface area is 364 Å². The van der Waals surface area contributed by atoms with Crippen LogP contribution in [-0.2, 0) is 5.41 Å². The predicted octanol–water partition coefficient (Wildman–Crippen LogP) is 13.4. The molecular weight excluding hydrogens is 719 g/mol. The number of hydrogen-bond acceptors (Lipinski definition) is 3. The average molecular weight is 772 g/mol. The Morgan fingerprint density at radius 3 is 1.46 bits per heavy atom. The number of para-hydroxylation sites is 4. The molecule has 5 heteroatoms. The fourth-order valence-corrected chi connectivity index (χ4v) is 8.60.